The molecule has 6 nitrogen and oxygen atoms in total. The van der Waals surface area contributed by atoms with Gasteiger partial charge in [-0.15, -0.1) is 0 Å². The number of alkyl halides is 5. The largest absolute Gasteiger partial charge is 0.484 e. The number of fused-ring (bicyclic) bond motifs is 1. The van der Waals surface area contributed by atoms with E-state index in [-0.39, 0.29) is 38.8 Å². The minimum absolute atomic E-state index is 0.0262. The molecule has 1 N–H and O–H groups in total. The summed E-state index contributed by atoms with van der Waals surface area (Å²) in [6.45, 7) is -0.806. The Labute approximate surface area is 199 Å². The summed E-state index contributed by atoms with van der Waals surface area (Å²) in [4.78, 5) is 12.3. The SMILES string of the molecule is CC(F)(F)c1cccc(-n2c(Nc3c(Cl)cncc3Cl)nc3ccc(OCC(F)(F)F)cc32)n1. The average molecular weight is 518 g/mol. The quantitative estimate of drug-likeness (QED) is 0.281. The highest BCUT2D eigenvalue weighted by molar-refractivity contribution is 6.39. The molecule has 0 amide bonds. The lowest BCUT2D eigenvalue weighted by Crippen LogP contribution is -2.19. The topological polar surface area (TPSA) is 64.9 Å². The third kappa shape index (κ3) is 5.15. The molecule has 0 aliphatic heterocycles. The molecule has 0 atom stereocenters. The third-order valence-electron chi connectivity index (χ3n) is 4.53. The lowest BCUT2D eigenvalue weighted by Gasteiger charge is -2.15. The standard InChI is InChI=1S/C21H14Cl2F5N5O/c1-20(24,25)16-3-2-4-17(31-16)33-15-7-11(34-10-21(26,27)28)5-6-14(15)30-19(33)32-18-12(22)8-29-9-13(18)23/h2-9H,10H2,1H3,(H,29,30,32). The molecular weight excluding hydrogens is 504 g/mol. The number of aromatic nitrogens is 4. The van der Waals surface area contributed by atoms with Crippen LogP contribution in [0.2, 0.25) is 10.0 Å². The van der Waals surface area contributed by atoms with Crippen molar-refractivity contribution in [1.29, 1.82) is 0 Å². The zero-order valence-corrected chi connectivity index (χ0v) is 18.7. The summed E-state index contributed by atoms with van der Waals surface area (Å²) in [6, 6.07) is 8.02. The minimum Gasteiger partial charge on any atom is -0.484 e. The van der Waals surface area contributed by atoms with E-state index in [1.165, 1.54) is 47.3 Å². The molecule has 0 saturated heterocycles. The van der Waals surface area contributed by atoms with Crippen LogP contribution in [0.3, 0.4) is 0 Å². The number of anilines is 2. The molecule has 1 aromatic carbocycles. The van der Waals surface area contributed by atoms with E-state index in [1.54, 1.807) is 0 Å². The van der Waals surface area contributed by atoms with Crippen LogP contribution < -0.4 is 10.1 Å². The fraction of sp³-hybridized carbons (Fsp3) is 0.190. The smallest absolute Gasteiger partial charge is 0.422 e. The molecule has 0 bridgehead atoms. The first kappa shape index (κ1) is 24.0. The van der Waals surface area contributed by atoms with Crippen molar-refractivity contribution in [3.63, 3.8) is 0 Å². The number of imidazole rings is 1. The van der Waals surface area contributed by atoms with Gasteiger partial charge in [-0.1, -0.05) is 29.3 Å². The van der Waals surface area contributed by atoms with Crippen LogP contribution in [0.15, 0.2) is 48.8 Å². The number of nitrogens with one attached hydrogen (secondary N) is 1. The fourth-order valence-corrected chi connectivity index (χ4v) is 3.52. The van der Waals surface area contributed by atoms with Crippen molar-refractivity contribution >= 4 is 45.9 Å². The molecule has 0 aliphatic rings. The summed E-state index contributed by atoms with van der Waals surface area (Å²) in [5, 5.41) is 3.24. The van der Waals surface area contributed by atoms with Crippen LogP contribution >= 0.6 is 23.2 Å². The molecule has 0 saturated carbocycles. The molecule has 13 heteroatoms. The fourth-order valence-electron chi connectivity index (χ4n) is 3.06. The Bertz CT molecular complexity index is 1330. The predicted octanol–water partition coefficient (Wildman–Crippen LogP) is 6.92. The Hall–Kier alpha value is -3.18. The van der Waals surface area contributed by atoms with Crippen molar-refractivity contribution in [3.05, 3.63) is 64.5 Å². The van der Waals surface area contributed by atoms with Gasteiger partial charge in [0.25, 0.3) is 5.92 Å². The summed E-state index contributed by atoms with van der Waals surface area (Å²) >= 11 is 12.4. The molecule has 0 aliphatic carbocycles. The normalized spacial score (nSPS) is 12.2. The summed E-state index contributed by atoms with van der Waals surface area (Å²) in [5.41, 5.74) is 0.286. The van der Waals surface area contributed by atoms with Crippen molar-refractivity contribution in [1.82, 2.24) is 19.5 Å². The highest BCUT2D eigenvalue weighted by Gasteiger charge is 2.29. The Morgan fingerprint density at radius 3 is 2.35 bits per heavy atom. The van der Waals surface area contributed by atoms with E-state index in [4.69, 9.17) is 27.9 Å². The summed E-state index contributed by atoms with van der Waals surface area (Å²) in [6.07, 6.45) is -1.87. The number of ether oxygens (including phenoxy) is 1. The molecule has 3 aromatic heterocycles. The number of pyridine rings is 2. The molecule has 4 aromatic rings. The average Bonchev–Trinajstić information content (AvgIpc) is 3.11. The van der Waals surface area contributed by atoms with Gasteiger partial charge < -0.3 is 10.1 Å². The predicted molar refractivity (Wildman–Crippen MR) is 118 cm³/mol. The first-order valence-electron chi connectivity index (χ1n) is 9.56. The van der Waals surface area contributed by atoms with Gasteiger partial charge in [0, 0.05) is 25.4 Å². The number of halogens is 7. The van der Waals surface area contributed by atoms with Crippen LogP contribution in [0.5, 0.6) is 5.75 Å². The molecule has 4 rings (SSSR count). The number of nitrogens with zero attached hydrogens (tertiary/aromatic N) is 4. The van der Waals surface area contributed by atoms with E-state index >= 15 is 0 Å². The molecule has 0 unspecified atom stereocenters. The summed E-state index contributed by atoms with van der Waals surface area (Å²) in [7, 11) is 0. The van der Waals surface area contributed by atoms with Crippen molar-refractivity contribution in [2.45, 2.75) is 19.0 Å². The maximum atomic E-state index is 13.9. The van der Waals surface area contributed by atoms with Gasteiger partial charge in [-0.2, -0.15) is 22.0 Å². The van der Waals surface area contributed by atoms with E-state index in [0.29, 0.717) is 12.4 Å². The van der Waals surface area contributed by atoms with Crippen molar-refractivity contribution < 1.29 is 26.7 Å². The molecule has 178 valence electrons. The first-order chi connectivity index (χ1) is 15.9. The first-order valence-corrected chi connectivity index (χ1v) is 10.3. The molecule has 0 radical (unpaired) electrons. The van der Waals surface area contributed by atoms with Gasteiger partial charge in [-0.05, 0) is 24.3 Å². The molecule has 34 heavy (non-hydrogen) atoms. The van der Waals surface area contributed by atoms with E-state index in [0.717, 1.165) is 6.07 Å². The monoisotopic (exact) mass is 517 g/mol. The van der Waals surface area contributed by atoms with Crippen LogP contribution in [0, 0.1) is 0 Å². The number of rotatable bonds is 6. The molecule has 3 heterocycles. The van der Waals surface area contributed by atoms with Crippen molar-refractivity contribution in [3.8, 4) is 11.6 Å². The van der Waals surface area contributed by atoms with Gasteiger partial charge in [-0.25, -0.2) is 9.97 Å². The Morgan fingerprint density at radius 2 is 1.71 bits per heavy atom. The maximum absolute atomic E-state index is 13.9. The Morgan fingerprint density at radius 1 is 1.00 bits per heavy atom. The lowest BCUT2D eigenvalue weighted by atomic mass is 10.2. The van der Waals surface area contributed by atoms with Crippen LogP contribution in [-0.2, 0) is 5.92 Å². The van der Waals surface area contributed by atoms with Gasteiger partial charge in [0.2, 0.25) is 5.95 Å². The van der Waals surface area contributed by atoms with Crippen LogP contribution in [-0.4, -0.2) is 32.3 Å². The highest BCUT2D eigenvalue weighted by atomic mass is 35.5. The number of hydrogen-bond acceptors (Lipinski definition) is 5. The second-order valence-electron chi connectivity index (χ2n) is 7.20. The van der Waals surface area contributed by atoms with Crippen LogP contribution in [0.1, 0.15) is 12.6 Å². The zero-order chi connectivity index (χ0) is 24.7. The number of benzene rings is 1. The van der Waals surface area contributed by atoms with Crippen LogP contribution in [0.4, 0.5) is 33.6 Å². The molecular formula is C21H14Cl2F5N5O. The lowest BCUT2D eigenvalue weighted by molar-refractivity contribution is -0.153. The Kier molecular flexibility index (Phi) is 6.26. The van der Waals surface area contributed by atoms with Crippen molar-refractivity contribution in [2.75, 3.05) is 11.9 Å². The van der Waals surface area contributed by atoms with E-state index in [1.807, 2.05) is 0 Å². The second kappa shape index (κ2) is 8.88. The van der Waals surface area contributed by atoms with Gasteiger partial charge in [-0.3, -0.25) is 9.55 Å². The van der Waals surface area contributed by atoms with Gasteiger partial charge in [0.15, 0.2) is 6.61 Å². The third-order valence-corrected chi connectivity index (χ3v) is 5.11. The summed E-state index contributed by atoms with van der Waals surface area (Å²) < 4.78 is 71.9. The summed E-state index contributed by atoms with van der Waals surface area (Å²) in [5.74, 6) is -3.24. The minimum atomic E-state index is -4.54. The molecule has 0 spiro atoms. The van der Waals surface area contributed by atoms with E-state index in [2.05, 4.69) is 20.3 Å². The Balaban J connectivity index is 1.89. The maximum Gasteiger partial charge on any atom is 0.422 e. The molecule has 0 fully saturated rings. The van der Waals surface area contributed by atoms with E-state index in [9.17, 15) is 22.0 Å². The van der Waals surface area contributed by atoms with Gasteiger partial charge in [0.1, 0.15) is 17.3 Å². The van der Waals surface area contributed by atoms with Crippen LogP contribution in [0.25, 0.3) is 16.9 Å². The van der Waals surface area contributed by atoms with Gasteiger partial charge >= 0.3 is 6.18 Å². The van der Waals surface area contributed by atoms with Crippen molar-refractivity contribution in [2.24, 2.45) is 0 Å². The highest BCUT2D eigenvalue weighted by Crippen LogP contribution is 2.35. The second-order valence-corrected chi connectivity index (χ2v) is 8.01. The number of hydrogen-bond donors (Lipinski definition) is 1. The van der Waals surface area contributed by atoms with E-state index < -0.39 is 24.4 Å². The zero-order valence-electron chi connectivity index (χ0n) is 17.2. The van der Waals surface area contributed by atoms with Gasteiger partial charge in [0.05, 0.1) is 26.8 Å².